The van der Waals surface area contributed by atoms with Crippen LogP contribution in [-0.2, 0) is 6.54 Å². The minimum atomic E-state index is -1.57. The van der Waals surface area contributed by atoms with Crippen molar-refractivity contribution in [1.82, 2.24) is 9.78 Å². The summed E-state index contributed by atoms with van der Waals surface area (Å²) in [5.74, 6) is -2.54. The Morgan fingerprint density at radius 2 is 1.74 bits per heavy atom. The van der Waals surface area contributed by atoms with Crippen LogP contribution in [0.4, 0.5) is 8.78 Å². The maximum Gasteiger partial charge on any atom is 0.437 e. The minimum Gasteiger partial charge on any atom is -0.388 e. The summed E-state index contributed by atoms with van der Waals surface area (Å²) in [6.45, 7) is -0.424. The SMILES string of the molecule is O=c1oc(-c2ccccc2)nn1CC(O)c1c(F)cccc1F. The second-order valence-corrected chi connectivity index (χ2v) is 4.87. The van der Waals surface area contributed by atoms with Gasteiger partial charge in [0.25, 0.3) is 0 Å². The monoisotopic (exact) mass is 318 g/mol. The zero-order valence-electron chi connectivity index (χ0n) is 11.8. The molecular weight excluding hydrogens is 306 g/mol. The second-order valence-electron chi connectivity index (χ2n) is 4.87. The number of benzene rings is 2. The van der Waals surface area contributed by atoms with Crippen LogP contribution < -0.4 is 5.76 Å². The molecule has 1 heterocycles. The van der Waals surface area contributed by atoms with Gasteiger partial charge >= 0.3 is 5.76 Å². The molecule has 23 heavy (non-hydrogen) atoms. The Kier molecular flexibility index (Phi) is 4.03. The lowest BCUT2D eigenvalue weighted by Crippen LogP contribution is -2.21. The summed E-state index contributed by atoms with van der Waals surface area (Å²) in [6, 6.07) is 11.9. The van der Waals surface area contributed by atoms with Gasteiger partial charge in [0, 0.05) is 5.56 Å². The fourth-order valence-corrected chi connectivity index (χ4v) is 2.20. The zero-order chi connectivity index (χ0) is 16.4. The van der Waals surface area contributed by atoms with E-state index in [-0.39, 0.29) is 5.89 Å². The molecule has 0 spiro atoms. The first-order valence-corrected chi connectivity index (χ1v) is 6.81. The zero-order valence-corrected chi connectivity index (χ0v) is 11.8. The molecule has 0 aliphatic heterocycles. The third-order valence-corrected chi connectivity index (χ3v) is 3.31. The van der Waals surface area contributed by atoms with Crippen molar-refractivity contribution in [2.24, 2.45) is 0 Å². The molecule has 3 aromatic rings. The van der Waals surface area contributed by atoms with Crippen molar-refractivity contribution in [2.45, 2.75) is 12.6 Å². The Balaban J connectivity index is 1.89. The lowest BCUT2D eigenvalue weighted by atomic mass is 10.1. The Morgan fingerprint density at radius 1 is 1.09 bits per heavy atom. The summed E-state index contributed by atoms with van der Waals surface area (Å²) >= 11 is 0. The van der Waals surface area contributed by atoms with Gasteiger partial charge in [0.15, 0.2) is 0 Å². The van der Waals surface area contributed by atoms with E-state index in [1.807, 2.05) is 0 Å². The molecule has 0 saturated carbocycles. The average molecular weight is 318 g/mol. The van der Waals surface area contributed by atoms with Gasteiger partial charge in [0.05, 0.1) is 12.1 Å². The van der Waals surface area contributed by atoms with Crippen molar-refractivity contribution in [3.05, 3.63) is 76.3 Å². The molecular formula is C16H12F2N2O3. The van der Waals surface area contributed by atoms with Gasteiger partial charge in [-0.15, -0.1) is 5.10 Å². The molecule has 0 radical (unpaired) electrons. The molecule has 0 fully saturated rings. The van der Waals surface area contributed by atoms with Crippen molar-refractivity contribution in [1.29, 1.82) is 0 Å². The molecule has 1 atom stereocenters. The number of aromatic nitrogens is 2. The van der Waals surface area contributed by atoms with Gasteiger partial charge in [-0.3, -0.25) is 0 Å². The number of hydrogen-bond acceptors (Lipinski definition) is 4. The molecule has 3 rings (SSSR count). The molecule has 1 unspecified atom stereocenters. The van der Waals surface area contributed by atoms with Gasteiger partial charge in [0.2, 0.25) is 5.89 Å². The van der Waals surface area contributed by atoms with Crippen molar-refractivity contribution in [3.8, 4) is 11.5 Å². The molecule has 1 aromatic heterocycles. The second kappa shape index (κ2) is 6.13. The van der Waals surface area contributed by atoms with Crippen molar-refractivity contribution in [3.63, 3.8) is 0 Å². The normalized spacial score (nSPS) is 12.3. The van der Waals surface area contributed by atoms with Crippen LogP contribution in [0.5, 0.6) is 0 Å². The van der Waals surface area contributed by atoms with Gasteiger partial charge in [-0.2, -0.15) is 4.68 Å². The van der Waals surface area contributed by atoms with E-state index in [2.05, 4.69) is 5.10 Å². The fourth-order valence-electron chi connectivity index (χ4n) is 2.20. The van der Waals surface area contributed by atoms with E-state index in [1.54, 1.807) is 30.3 Å². The Labute approximate surface area is 129 Å². The average Bonchev–Trinajstić information content (AvgIpc) is 2.89. The van der Waals surface area contributed by atoms with Gasteiger partial charge < -0.3 is 9.52 Å². The Hall–Kier alpha value is -2.80. The Bertz CT molecular complexity index is 854. The van der Waals surface area contributed by atoms with Crippen LogP contribution in [-0.4, -0.2) is 14.9 Å². The predicted octanol–water partition coefficient (Wildman–Crippen LogP) is 2.52. The highest BCUT2D eigenvalue weighted by Crippen LogP contribution is 2.22. The fraction of sp³-hybridized carbons (Fsp3) is 0.125. The third kappa shape index (κ3) is 3.04. The smallest absolute Gasteiger partial charge is 0.388 e. The summed E-state index contributed by atoms with van der Waals surface area (Å²) in [6.07, 6.45) is -1.57. The Morgan fingerprint density at radius 3 is 2.39 bits per heavy atom. The highest BCUT2D eigenvalue weighted by Gasteiger charge is 2.20. The van der Waals surface area contributed by atoms with Gasteiger partial charge in [-0.1, -0.05) is 24.3 Å². The van der Waals surface area contributed by atoms with E-state index >= 15 is 0 Å². The van der Waals surface area contributed by atoms with Crippen LogP contribution in [0.25, 0.3) is 11.5 Å². The summed E-state index contributed by atoms with van der Waals surface area (Å²) in [5, 5.41) is 14.0. The summed E-state index contributed by atoms with van der Waals surface area (Å²) < 4.78 is 33.1. The topological polar surface area (TPSA) is 68.3 Å². The molecule has 7 heteroatoms. The molecule has 0 amide bonds. The van der Waals surface area contributed by atoms with Crippen LogP contribution in [0.15, 0.2) is 57.7 Å². The van der Waals surface area contributed by atoms with E-state index in [1.165, 1.54) is 6.07 Å². The lowest BCUT2D eigenvalue weighted by Gasteiger charge is -2.11. The summed E-state index contributed by atoms with van der Waals surface area (Å²) in [5.41, 5.74) is 0.0681. The number of aliphatic hydroxyl groups is 1. The highest BCUT2D eigenvalue weighted by atomic mass is 19.1. The molecule has 0 aliphatic rings. The van der Waals surface area contributed by atoms with E-state index in [0.717, 1.165) is 16.8 Å². The predicted molar refractivity (Wildman–Crippen MR) is 77.5 cm³/mol. The number of nitrogens with zero attached hydrogens (tertiary/aromatic N) is 2. The molecule has 2 aromatic carbocycles. The third-order valence-electron chi connectivity index (χ3n) is 3.31. The van der Waals surface area contributed by atoms with E-state index in [0.29, 0.717) is 5.56 Å². The van der Waals surface area contributed by atoms with Crippen LogP contribution in [0.2, 0.25) is 0 Å². The number of halogens is 2. The molecule has 0 aliphatic carbocycles. The largest absolute Gasteiger partial charge is 0.437 e. The molecule has 0 bridgehead atoms. The molecule has 1 N–H and O–H groups in total. The highest BCUT2D eigenvalue weighted by molar-refractivity contribution is 5.51. The summed E-state index contributed by atoms with van der Waals surface area (Å²) in [4.78, 5) is 11.8. The maximum absolute atomic E-state index is 13.6. The first kappa shape index (κ1) is 15.1. The van der Waals surface area contributed by atoms with Crippen LogP contribution >= 0.6 is 0 Å². The quantitative estimate of drug-likeness (QED) is 0.802. The summed E-state index contributed by atoms with van der Waals surface area (Å²) in [7, 11) is 0. The van der Waals surface area contributed by atoms with Gasteiger partial charge in [0.1, 0.15) is 17.7 Å². The number of rotatable bonds is 4. The molecule has 118 valence electrons. The van der Waals surface area contributed by atoms with Gasteiger partial charge in [-0.05, 0) is 24.3 Å². The maximum atomic E-state index is 13.6. The van der Waals surface area contributed by atoms with E-state index in [4.69, 9.17) is 4.42 Å². The van der Waals surface area contributed by atoms with E-state index in [9.17, 15) is 18.7 Å². The molecule has 0 saturated heterocycles. The number of hydrogen-bond donors (Lipinski definition) is 1. The lowest BCUT2D eigenvalue weighted by molar-refractivity contribution is 0.139. The van der Waals surface area contributed by atoms with Crippen molar-refractivity contribution >= 4 is 0 Å². The first-order chi connectivity index (χ1) is 11.1. The van der Waals surface area contributed by atoms with Gasteiger partial charge in [-0.25, -0.2) is 13.6 Å². The van der Waals surface area contributed by atoms with Crippen molar-refractivity contribution < 1.29 is 18.3 Å². The van der Waals surface area contributed by atoms with Crippen LogP contribution in [0.3, 0.4) is 0 Å². The van der Waals surface area contributed by atoms with Crippen LogP contribution in [0, 0.1) is 11.6 Å². The standard InChI is InChI=1S/C16H12F2N2O3/c17-11-7-4-8-12(18)14(11)13(21)9-20-16(22)23-15(19-20)10-5-2-1-3-6-10/h1-8,13,21H,9H2. The minimum absolute atomic E-state index is 0.0665. The number of aliphatic hydroxyl groups excluding tert-OH is 1. The van der Waals surface area contributed by atoms with Crippen molar-refractivity contribution in [2.75, 3.05) is 0 Å². The first-order valence-electron chi connectivity index (χ1n) is 6.81. The molecule has 5 nitrogen and oxygen atoms in total. The van der Waals surface area contributed by atoms with E-state index < -0.39 is 35.6 Å². The van der Waals surface area contributed by atoms with Crippen LogP contribution in [0.1, 0.15) is 11.7 Å².